The minimum atomic E-state index is -0.887. The molecule has 7 heteroatoms. The highest BCUT2D eigenvalue weighted by Gasteiger charge is 2.20. The highest BCUT2D eigenvalue weighted by atomic mass is 32.1. The zero-order chi connectivity index (χ0) is 18.4. The smallest absolute Gasteiger partial charge is 0.304 e. The molecule has 2 aromatic heterocycles. The number of benzene rings is 1. The summed E-state index contributed by atoms with van der Waals surface area (Å²) in [7, 11) is 0. The molecule has 1 unspecified atom stereocenters. The fraction of sp³-hybridized carbons (Fsp3) is 0.316. The van der Waals surface area contributed by atoms with Crippen molar-refractivity contribution in [3.8, 4) is 0 Å². The molecule has 0 bridgehead atoms. The number of carboxylic acids is 1. The van der Waals surface area contributed by atoms with Crippen molar-refractivity contribution in [1.29, 1.82) is 0 Å². The maximum Gasteiger partial charge on any atom is 0.304 e. The first-order valence-electron chi connectivity index (χ1n) is 8.56. The van der Waals surface area contributed by atoms with Crippen LogP contribution < -0.4 is 5.32 Å². The number of aromatic nitrogens is 2. The summed E-state index contributed by atoms with van der Waals surface area (Å²) in [6.45, 7) is 1.26. The largest absolute Gasteiger partial charge is 0.481 e. The highest BCUT2D eigenvalue weighted by Crippen LogP contribution is 2.27. The molecule has 0 spiro atoms. The number of aryl methyl sites for hydroxylation is 1. The molecule has 6 nitrogen and oxygen atoms in total. The SMILES string of the molecule is O=C(O)CC(CC(=O)NCCCn1cc2ccccc2n1)c1cccs1. The van der Waals surface area contributed by atoms with Crippen LogP contribution in [0.1, 0.15) is 30.1 Å². The molecule has 2 heterocycles. The van der Waals surface area contributed by atoms with Gasteiger partial charge in [-0.15, -0.1) is 11.3 Å². The third-order valence-electron chi connectivity index (χ3n) is 4.15. The predicted octanol–water partition coefficient (Wildman–Crippen LogP) is 3.25. The van der Waals surface area contributed by atoms with E-state index in [0.717, 1.165) is 28.7 Å². The number of amides is 1. The van der Waals surface area contributed by atoms with Crippen molar-refractivity contribution < 1.29 is 14.7 Å². The first kappa shape index (κ1) is 18.1. The molecule has 1 aromatic carbocycles. The monoisotopic (exact) mass is 371 g/mol. The third kappa shape index (κ3) is 4.92. The summed E-state index contributed by atoms with van der Waals surface area (Å²) in [5.41, 5.74) is 0.962. The molecule has 26 heavy (non-hydrogen) atoms. The normalized spacial score (nSPS) is 12.2. The Morgan fingerprint density at radius 2 is 2.04 bits per heavy atom. The third-order valence-corrected chi connectivity index (χ3v) is 5.18. The number of rotatable bonds is 9. The lowest BCUT2D eigenvalue weighted by Crippen LogP contribution is -2.27. The van der Waals surface area contributed by atoms with Gasteiger partial charge in [0.1, 0.15) is 0 Å². The van der Waals surface area contributed by atoms with E-state index in [1.54, 1.807) is 0 Å². The Morgan fingerprint density at radius 3 is 2.77 bits per heavy atom. The number of thiophene rings is 1. The van der Waals surface area contributed by atoms with Gasteiger partial charge in [-0.05, 0) is 23.9 Å². The zero-order valence-corrected chi connectivity index (χ0v) is 15.1. The number of nitrogens with zero attached hydrogens (tertiary/aromatic N) is 2. The van der Waals surface area contributed by atoms with E-state index in [4.69, 9.17) is 5.11 Å². The van der Waals surface area contributed by atoms with Gasteiger partial charge >= 0.3 is 5.97 Å². The van der Waals surface area contributed by atoms with Gasteiger partial charge in [-0.1, -0.05) is 24.3 Å². The maximum atomic E-state index is 12.2. The molecule has 0 aliphatic carbocycles. The first-order chi connectivity index (χ1) is 12.6. The van der Waals surface area contributed by atoms with Crippen molar-refractivity contribution in [1.82, 2.24) is 15.1 Å². The molecular weight excluding hydrogens is 350 g/mol. The average molecular weight is 371 g/mol. The van der Waals surface area contributed by atoms with Crippen LogP contribution in [0.15, 0.2) is 48.0 Å². The standard InChI is InChI=1S/C19H21N3O3S/c23-18(11-15(12-19(24)25)17-7-3-10-26-17)20-8-4-9-22-13-14-5-1-2-6-16(14)21-22/h1-3,5-7,10,13,15H,4,8-9,11-12H2,(H,20,23)(H,24,25). The minimum absolute atomic E-state index is 0.0339. The molecule has 0 aliphatic rings. The number of aliphatic carboxylic acids is 1. The fourth-order valence-electron chi connectivity index (χ4n) is 2.90. The number of fused-ring (bicyclic) bond motifs is 1. The van der Waals surface area contributed by atoms with Crippen LogP contribution in [0.25, 0.3) is 10.9 Å². The molecule has 0 radical (unpaired) electrons. The van der Waals surface area contributed by atoms with Gasteiger partial charge in [-0.3, -0.25) is 14.3 Å². The van der Waals surface area contributed by atoms with Crippen molar-refractivity contribution in [2.75, 3.05) is 6.54 Å². The number of hydrogen-bond donors (Lipinski definition) is 2. The Balaban J connectivity index is 1.45. The van der Waals surface area contributed by atoms with Crippen LogP contribution in [0.3, 0.4) is 0 Å². The summed E-state index contributed by atoms with van der Waals surface area (Å²) < 4.78 is 1.88. The summed E-state index contributed by atoms with van der Waals surface area (Å²) >= 11 is 1.49. The van der Waals surface area contributed by atoms with Gasteiger partial charge in [-0.2, -0.15) is 5.10 Å². The van der Waals surface area contributed by atoms with E-state index in [-0.39, 0.29) is 24.7 Å². The minimum Gasteiger partial charge on any atom is -0.481 e. The van der Waals surface area contributed by atoms with Crippen LogP contribution in [-0.2, 0) is 16.1 Å². The number of carbonyl (C=O) groups excluding carboxylic acids is 1. The van der Waals surface area contributed by atoms with Gasteiger partial charge in [0.05, 0.1) is 11.9 Å². The molecule has 1 amide bonds. The van der Waals surface area contributed by atoms with Crippen LogP contribution >= 0.6 is 11.3 Å². The lowest BCUT2D eigenvalue weighted by atomic mass is 9.99. The summed E-state index contributed by atoms with van der Waals surface area (Å²) in [4.78, 5) is 24.1. The van der Waals surface area contributed by atoms with Crippen molar-refractivity contribution in [2.45, 2.75) is 31.7 Å². The van der Waals surface area contributed by atoms with E-state index in [1.807, 2.05) is 52.7 Å². The van der Waals surface area contributed by atoms with Crippen molar-refractivity contribution in [3.63, 3.8) is 0 Å². The molecular formula is C19H21N3O3S. The number of hydrogen-bond acceptors (Lipinski definition) is 4. The molecule has 3 rings (SSSR count). The van der Waals surface area contributed by atoms with Gasteiger partial charge in [0.15, 0.2) is 0 Å². The van der Waals surface area contributed by atoms with Crippen LogP contribution in [0.4, 0.5) is 0 Å². The molecule has 136 valence electrons. The highest BCUT2D eigenvalue weighted by molar-refractivity contribution is 7.10. The Hall–Kier alpha value is -2.67. The van der Waals surface area contributed by atoms with E-state index in [2.05, 4.69) is 10.4 Å². The maximum absolute atomic E-state index is 12.2. The summed E-state index contributed by atoms with van der Waals surface area (Å²) in [6, 6.07) is 11.7. The first-order valence-corrected chi connectivity index (χ1v) is 9.44. The quantitative estimate of drug-likeness (QED) is 0.566. The molecule has 0 aliphatic heterocycles. The van der Waals surface area contributed by atoms with Crippen LogP contribution in [0.2, 0.25) is 0 Å². The summed E-state index contributed by atoms with van der Waals surface area (Å²) in [6.07, 6.45) is 2.92. The fourth-order valence-corrected chi connectivity index (χ4v) is 3.73. The van der Waals surface area contributed by atoms with E-state index < -0.39 is 5.97 Å². The molecule has 0 saturated carbocycles. The number of nitrogens with one attached hydrogen (secondary N) is 1. The molecule has 1 atom stereocenters. The van der Waals surface area contributed by atoms with Crippen LogP contribution in [0, 0.1) is 0 Å². The van der Waals surface area contributed by atoms with E-state index in [1.165, 1.54) is 11.3 Å². The van der Waals surface area contributed by atoms with E-state index in [0.29, 0.717) is 6.54 Å². The zero-order valence-electron chi connectivity index (χ0n) is 14.3. The topological polar surface area (TPSA) is 84.2 Å². The van der Waals surface area contributed by atoms with Crippen LogP contribution in [0.5, 0.6) is 0 Å². The average Bonchev–Trinajstić information content (AvgIpc) is 3.26. The van der Waals surface area contributed by atoms with Crippen LogP contribution in [-0.4, -0.2) is 33.3 Å². The van der Waals surface area contributed by atoms with E-state index in [9.17, 15) is 9.59 Å². The molecule has 3 aromatic rings. The predicted molar refractivity (Wildman–Crippen MR) is 101 cm³/mol. The van der Waals surface area contributed by atoms with Gasteiger partial charge in [0.25, 0.3) is 0 Å². The van der Waals surface area contributed by atoms with Gasteiger partial charge < -0.3 is 10.4 Å². The molecule has 0 saturated heterocycles. The van der Waals surface area contributed by atoms with Gasteiger partial charge in [-0.25, -0.2) is 0 Å². The van der Waals surface area contributed by atoms with Crippen molar-refractivity contribution in [2.24, 2.45) is 0 Å². The lowest BCUT2D eigenvalue weighted by molar-refractivity contribution is -0.137. The second-order valence-corrected chi connectivity index (χ2v) is 7.15. The molecule has 2 N–H and O–H groups in total. The van der Waals surface area contributed by atoms with Gasteiger partial charge in [0.2, 0.25) is 5.91 Å². The summed E-state index contributed by atoms with van der Waals surface area (Å²) in [5, 5.41) is 19.4. The Morgan fingerprint density at radius 1 is 1.19 bits per heavy atom. The number of carbonyl (C=O) groups is 2. The molecule has 0 fully saturated rings. The second kappa shape index (κ2) is 8.62. The lowest BCUT2D eigenvalue weighted by Gasteiger charge is -2.13. The summed E-state index contributed by atoms with van der Waals surface area (Å²) in [5.74, 6) is -1.28. The Labute approximate surface area is 155 Å². The second-order valence-electron chi connectivity index (χ2n) is 6.17. The van der Waals surface area contributed by atoms with Gasteiger partial charge in [0, 0.05) is 41.9 Å². The van der Waals surface area contributed by atoms with Crippen molar-refractivity contribution in [3.05, 3.63) is 52.9 Å². The van der Waals surface area contributed by atoms with Crippen molar-refractivity contribution >= 4 is 34.1 Å². The Kier molecular flexibility index (Phi) is 6.01. The Bertz CT molecular complexity index is 840. The number of carboxylic acid groups (broad SMARTS) is 1. The van der Waals surface area contributed by atoms with E-state index >= 15 is 0 Å².